The van der Waals surface area contributed by atoms with Gasteiger partial charge in [0.05, 0.1) is 6.20 Å². The maximum atomic E-state index is 4.48. The minimum atomic E-state index is 0.710. The van der Waals surface area contributed by atoms with Crippen LogP contribution in [0.25, 0.3) is 0 Å². The molecule has 0 saturated heterocycles. The number of hydrogen-bond donors (Lipinski definition) is 1. The zero-order valence-electron chi connectivity index (χ0n) is 11.9. The second-order valence-electron chi connectivity index (χ2n) is 6.10. The molecule has 0 amide bonds. The van der Waals surface area contributed by atoms with Crippen LogP contribution in [0.4, 0.5) is 0 Å². The van der Waals surface area contributed by atoms with Crippen molar-refractivity contribution in [2.24, 2.45) is 11.8 Å². The SMILES string of the molecule is CC(C)CNCc1cnn(CC2CCCCC2)c1. The molecule has 1 aromatic heterocycles. The molecule has 0 unspecified atom stereocenters. The minimum Gasteiger partial charge on any atom is -0.312 e. The lowest BCUT2D eigenvalue weighted by atomic mass is 9.89. The first-order valence-corrected chi connectivity index (χ1v) is 7.46. The van der Waals surface area contributed by atoms with E-state index < -0.39 is 0 Å². The van der Waals surface area contributed by atoms with E-state index in [4.69, 9.17) is 0 Å². The van der Waals surface area contributed by atoms with E-state index in [1.807, 2.05) is 6.20 Å². The highest BCUT2D eigenvalue weighted by Gasteiger charge is 2.14. The van der Waals surface area contributed by atoms with Gasteiger partial charge in [-0.15, -0.1) is 0 Å². The zero-order valence-corrected chi connectivity index (χ0v) is 11.9. The quantitative estimate of drug-likeness (QED) is 0.839. The standard InChI is InChI=1S/C15H27N3/c1-13(2)8-16-9-15-10-17-18(12-15)11-14-6-4-3-5-7-14/h10,12-14,16H,3-9,11H2,1-2H3. The number of nitrogens with zero attached hydrogens (tertiary/aromatic N) is 2. The monoisotopic (exact) mass is 249 g/mol. The summed E-state index contributed by atoms with van der Waals surface area (Å²) in [6, 6.07) is 0. The summed E-state index contributed by atoms with van der Waals surface area (Å²) >= 11 is 0. The molecule has 0 atom stereocenters. The number of nitrogens with one attached hydrogen (secondary N) is 1. The maximum absolute atomic E-state index is 4.48. The Morgan fingerprint density at radius 2 is 2.11 bits per heavy atom. The van der Waals surface area contributed by atoms with E-state index >= 15 is 0 Å². The van der Waals surface area contributed by atoms with Crippen molar-refractivity contribution in [2.45, 2.75) is 59.0 Å². The third kappa shape index (κ3) is 4.45. The van der Waals surface area contributed by atoms with Crippen LogP contribution in [0.3, 0.4) is 0 Å². The highest BCUT2D eigenvalue weighted by molar-refractivity contribution is 5.03. The normalized spacial score (nSPS) is 17.5. The molecule has 1 aliphatic carbocycles. The molecule has 0 aromatic carbocycles. The zero-order chi connectivity index (χ0) is 12.8. The molecule has 1 heterocycles. The molecule has 1 aromatic rings. The molecule has 3 heteroatoms. The van der Waals surface area contributed by atoms with Gasteiger partial charge in [-0.25, -0.2) is 0 Å². The molecule has 1 saturated carbocycles. The van der Waals surface area contributed by atoms with Gasteiger partial charge in [0.1, 0.15) is 0 Å². The van der Waals surface area contributed by atoms with Crippen LogP contribution in [0.5, 0.6) is 0 Å². The Hall–Kier alpha value is -0.830. The van der Waals surface area contributed by atoms with E-state index in [9.17, 15) is 0 Å². The molecule has 0 spiro atoms. The molecule has 0 radical (unpaired) electrons. The molecular formula is C15H27N3. The van der Waals surface area contributed by atoms with Gasteiger partial charge < -0.3 is 5.32 Å². The third-order valence-corrected chi connectivity index (χ3v) is 3.74. The van der Waals surface area contributed by atoms with Crippen LogP contribution in [0, 0.1) is 11.8 Å². The average Bonchev–Trinajstić information content (AvgIpc) is 2.78. The predicted molar refractivity (Wildman–Crippen MR) is 75.3 cm³/mol. The first kappa shape index (κ1) is 13.6. The van der Waals surface area contributed by atoms with Crippen LogP contribution in [0.15, 0.2) is 12.4 Å². The third-order valence-electron chi connectivity index (χ3n) is 3.74. The summed E-state index contributed by atoms with van der Waals surface area (Å²) in [6.45, 7) is 7.61. The van der Waals surface area contributed by atoms with Gasteiger partial charge in [0.2, 0.25) is 0 Å². The van der Waals surface area contributed by atoms with Crippen molar-refractivity contribution < 1.29 is 0 Å². The smallest absolute Gasteiger partial charge is 0.0534 e. The average molecular weight is 249 g/mol. The van der Waals surface area contributed by atoms with E-state index in [1.54, 1.807) is 0 Å². The Labute approximate surface area is 111 Å². The fourth-order valence-electron chi connectivity index (χ4n) is 2.74. The second-order valence-corrected chi connectivity index (χ2v) is 6.10. The van der Waals surface area contributed by atoms with Crippen LogP contribution in [-0.4, -0.2) is 16.3 Å². The summed E-state index contributed by atoms with van der Waals surface area (Å²) in [6.07, 6.45) is 11.3. The predicted octanol–water partition coefficient (Wildman–Crippen LogP) is 3.21. The summed E-state index contributed by atoms with van der Waals surface area (Å²) in [4.78, 5) is 0. The molecule has 102 valence electrons. The minimum absolute atomic E-state index is 0.710. The Morgan fingerprint density at radius 1 is 1.33 bits per heavy atom. The summed E-state index contributed by atoms with van der Waals surface area (Å²) in [5.41, 5.74) is 1.31. The summed E-state index contributed by atoms with van der Waals surface area (Å²) in [5.74, 6) is 1.57. The highest BCUT2D eigenvalue weighted by atomic mass is 15.3. The van der Waals surface area contributed by atoms with E-state index in [-0.39, 0.29) is 0 Å². The van der Waals surface area contributed by atoms with Gasteiger partial charge in [0.25, 0.3) is 0 Å². The van der Waals surface area contributed by atoms with E-state index in [2.05, 4.69) is 35.1 Å². The van der Waals surface area contributed by atoms with Crippen LogP contribution in [-0.2, 0) is 13.1 Å². The Kier molecular flexibility index (Phi) is 5.24. The fraction of sp³-hybridized carbons (Fsp3) is 0.800. The largest absolute Gasteiger partial charge is 0.312 e. The lowest BCUT2D eigenvalue weighted by Crippen LogP contribution is -2.18. The second kappa shape index (κ2) is 6.93. The van der Waals surface area contributed by atoms with Crippen molar-refractivity contribution in [2.75, 3.05) is 6.54 Å². The lowest BCUT2D eigenvalue weighted by molar-refractivity contribution is 0.308. The van der Waals surface area contributed by atoms with Gasteiger partial charge in [-0.2, -0.15) is 5.10 Å². The van der Waals surface area contributed by atoms with Gasteiger partial charge in [-0.3, -0.25) is 4.68 Å². The summed E-state index contributed by atoms with van der Waals surface area (Å²) in [5, 5.41) is 7.95. The highest BCUT2D eigenvalue weighted by Crippen LogP contribution is 2.24. The van der Waals surface area contributed by atoms with Gasteiger partial charge in [-0.1, -0.05) is 33.1 Å². The molecular weight excluding hydrogens is 222 g/mol. The Morgan fingerprint density at radius 3 is 2.83 bits per heavy atom. The molecule has 1 N–H and O–H groups in total. The molecule has 18 heavy (non-hydrogen) atoms. The first-order chi connectivity index (χ1) is 8.74. The van der Waals surface area contributed by atoms with E-state index in [1.165, 1.54) is 37.7 Å². The van der Waals surface area contributed by atoms with Crippen molar-refractivity contribution in [3.8, 4) is 0 Å². The molecule has 0 aliphatic heterocycles. The van der Waals surface area contributed by atoms with Crippen molar-refractivity contribution in [1.29, 1.82) is 0 Å². The number of hydrogen-bond acceptors (Lipinski definition) is 2. The van der Waals surface area contributed by atoms with Gasteiger partial charge in [0.15, 0.2) is 0 Å². The Balaban J connectivity index is 1.74. The summed E-state index contributed by atoms with van der Waals surface area (Å²) < 4.78 is 2.14. The molecule has 0 bridgehead atoms. The van der Waals surface area contributed by atoms with E-state index in [0.717, 1.165) is 25.6 Å². The Bertz CT molecular complexity index is 337. The van der Waals surface area contributed by atoms with Crippen molar-refractivity contribution in [3.63, 3.8) is 0 Å². The van der Waals surface area contributed by atoms with Gasteiger partial charge >= 0.3 is 0 Å². The van der Waals surface area contributed by atoms with Crippen LogP contribution >= 0.6 is 0 Å². The van der Waals surface area contributed by atoms with Crippen molar-refractivity contribution >= 4 is 0 Å². The maximum Gasteiger partial charge on any atom is 0.0534 e. The van der Waals surface area contributed by atoms with Crippen molar-refractivity contribution in [3.05, 3.63) is 18.0 Å². The lowest BCUT2D eigenvalue weighted by Gasteiger charge is -2.21. The molecule has 1 aliphatic rings. The van der Waals surface area contributed by atoms with Crippen molar-refractivity contribution in [1.82, 2.24) is 15.1 Å². The number of aromatic nitrogens is 2. The van der Waals surface area contributed by atoms with Gasteiger partial charge in [-0.05, 0) is 31.2 Å². The van der Waals surface area contributed by atoms with Crippen LogP contribution in [0.2, 0.25) is 0 Å². The van der Waals surface area contributed by atoms with E-state index in [0.29, 0.717) is 5.92 Å². The summed E-state index contributed by atoms with van der Waals surface area (Å²) in [7, 11) is 0. The van der Waals surface area contributed by atoms with Gasteiger partial charge in [0, 0.05) is 24.8 Å². The fourth-order valence-corrected chi connectivity index (χ4v) is 2.74. The molecule has 3 nitrogen and oxygen atoms in total. The first-order valence-electron chi connectivity index (χ1n) is 7.46. The molecule has 1 fully saturated rings. The number of rotatable bonds is 6. The van der Waals surface area contributed by atoms with Crippen LogP contribution < -0.4 is 5.32 Å². The van der Waals surface area contributed by atoms with Crippen LogP contribution in [0.1, 0.15) is 51.5 Å². The topological polar surface area (TPSA) is 29.9 Å². The molecule has 2 rings (SSSR count).